The van der Waals surface area contributed by atoms with Gasteiger partial charge in [0, 0.05) is 0 Å². The highest BCUT2D eigenvalue weighted by atomic mass is 16.3. The van der Waals surface area contributed by atoms with Crippen LogP contribution in [-0.4, -0.2) is 17.8 Å². The van der Waals surface area contributed by atoms with Gasteiger partial charge in [-0.1, -0.05) is 33.6 Å². The Morgan fingerprint density at radius 3 is 1.67 bits per heavy atom. The second-order valence-corrected chi connectivity index (χ2v) is 3.47. The van der Waals surface area contributed by atoms with Crippen LogP contribution in [0.25, 0.3) is 0 Å². The molecule has 0 aromatic carbocycles. The van der Waals surface area contributed by atoms with Gasteiger partial charge in [0.05, 0.1) is 6.10 Å². The number of nitrogens with two attached hydrogens (primary N) is 1. The van der Waals surface area contributed by atoms with E-state index in [1.807, 2.05) is 0 Å². The van der Waals surface area contributed by atoms with Crippen LogP contribution in [0.4, 0.5) is 0 Å². The Morgan fingerprint density at radius 2 is 1.42 bits per heavy atom. The van der Waals surface area contributed by atoms with E-state index in [0.717, 1.165) is 19.3 Å². The van der Waals surface area contributed by atoms with Gasteiger partial charge in [0.25, 0.3) is 0 Å². The molecule has 0 fully saturated rings. The van der Waals surface area contributed by atoms with Crippen molar-refractivity contribution in [1.29, 1.82) is 0 Å². The van der Waals surface area contributed by atoms with Crippen molar-refractivity contribution in [2.24, 2.45) is 17.6 Å². The molecule has 0 saturated heterocycles. The van der Waals surface area contributed by atoms with Gasteiger partial charge in [0.2, 0.25) is 0 Å². The topological polar surface area (TPSA) is 46.2 Å². The summed E-state index contributed by atoms with van der Waals surface area (Å²) in [7, 11) is 0. The summed E-state index contributed by atoms with van der Waals surface area (Å²) in [6.07, 6.45) is 2.88. The van der Waals surface area contributed by atoms with Gasteiger partial charge < -0.3 is 10.8 Å². The predicted molar refractivity (Wildman–Crippen MR) is 52.9 cm³/mol. The van der Waals surface area contributed by atoms with E-state index >= 15 is 0 Å². The molecule has 2 heteroatoms. The average molecular weight is 173 g/mol. The van der Waals surface area contributed by atoms with Crippen molar-refractivity contribution >= 4 is 0 Å². The molecule has 12 heavy (non-hydrogen) atoms. The van der Waals surface area contributed by atoms with E-state index in [9.17, 15) is 5.11 Å². The SMILES string of the molecule is CCC(CC)C(O)C(CC)CN. The quantitative estimate of drug-likeness (QED) is 0.643. The Balaban J connectivity index is 4.02. The number of hydrogen-bond donors (Lipinski definition) is 2. The molecule has 0 aliphatic heterocycles. The van der Waals surface area contributed by atoms with Crippen LogP contribution in [0.5, 0.6) is 0 Å². The summed E-state index contributed by atoms with van der Waals surface area (Å²) in [5.74, 6) is 0.716. The van der Waals surface area contributed by atoms with E-state index in [2.05, 4.69) is 20.8 Å². The minimum atomic E-state index is -0.199. The zero-order chi connectivity index (χ0) is 9.56. The van der Waals surface area contributed by atoms with Crippen LogP contribution in [0.3, 0.4) is 0 Å². The molecular formula is C10H23NO. The van der Waals surface area contributed by atoms with Gasteiger partial charge in [0.15, 0.2) is 0 Å². The zero-order valence-corrected chi connectivity index (χ0v) is 8.59. The highest BCUT2D eigenvalue weighted by Gasteiger charge is 2.22. The Kier molecular flexibility index (Phi) is 6.39. The van der Waals surface area contributed by atoms with Gasteiger partial charge in [0.1, 0.15) is 0 Å². The Morgan fingerprint density at radius 1 is 1.00 bits per heavy atom. The minimum absolute atomic E-state index is 0.199. The van der Waals surface area contributed by atoms with Crippen molar-refractivity contribution < 1.29 is 5.11 Å². The summed E-state index contributed by atoms with van der Waals surface area (Å²) < 4.78 is 0. The first kappa shape index (κ1) is 11.9. The van der Waals surface area contributed by atoms with Crippen molar-refractivity contribution in [3.8, 4) is 0 Å². The molecule has 2 atom stereocenters. The summed E-state index contributed by atoms with van der Waals surface area (Å²) in [6.45, 7) is 6.94. The number of aliphatic hydroxyl groups is 1. The molecule has 0 aromatic rings. The van der Waals surface area contributed by atoms with Crippen molar-refractivity contribution in [2.45, 2.75) is 46.1 Å². The van der Waals surface area contributed by atoms with Crippen molar-refractivity contribution in [3.05, 3.63) is 0 Å². The van der Waals surface area contributed by atoms with Crippen molar-refractivity contribution in [2.75, 3.05) is 6.54 Å². The summed E-state index contributed by atoms with van der Waals surface area (Å²) in [6, 6.07) is 0. The molecule has 0 heterocycles. The van der Waals surface area contributed by atoms with Gasteiger partial charge in [-0.2, -0.15) is 0 Å². The normalized spacial score (nSPS) is 16.5. The van der Waals surface area contributed by atoms with Gasteiger partial charge in [-0.25, -0.2) is 0 Å². The molecule has 3 N–H and O–H groups in total. The maximum atomic E-state index is 9.89. The molecule has 0 aromatic heterocycles. The fourth-order valence-corrected chi connectivity index (χ4v) is 1.70. The number of aliphatic hydroxyl groups excluding tert-OH is 1. The average Bonchev–Trinajstić information content (AvgIpc) is 2.09. The smallest absolute Gasteiger partial charge is 0.0608 e. The van der Waals surface area contributed by atoms with E-state index in [0.29, 0.717) is 12.5 Å². The molecule has 0 aliphatic rings. The third-order valence-electron chi connectivity index (χ3n) is 2.84. The molecule has 2 unspecified atom stereocenters. The van der Waals surface area contributed by atoms with Crippen LogP contribution in [0.1, 0.15) is 40.0 Å². The van der Waals surface area contributed by atoms with Crippen LogP contribution >= 0.6 is 0 Å². The van der Waals surface area contributed by atoms with Crippen LogP contribution in [0.15, 0.2) is 0 Å². The van der Waals surface area contributed by atoms with E-state index in [1.165, 1.54) is 0 Å². The lowest BCUT2D eigenvalue weighted by atomic mass is 9.86. The molecule has 0 spiro atoms. The van der Waals surface area contributed by atoms with Crippen LogP contribution in [-0.2, 0) is 0 Å². The molecule has 0 aliphatic carbocycles. The third kappa shape index (κ3) is 3.11. The lowest BCUT2D eigenvalue weighted by molar-refractivity contribution is 0.0480. The number of rotatable bonds is 6. The summed E-state index contributed by atoms with van der Waals surface area (Å²) >= 11 is 0. The highest BCUT2D eigenvalue weighted by molar-refractivity contribution is 4.74. The molecule has 0 rings (SSSR count). The van der Waals surface area contributed by atoms with Gasteiger partial charge >= 0.3 is 0 Å². The Hall–Kier alpha value is -0.0800. The predicted octanol–water partition coefficient (Wildman–Crippen LogP) is 1.77. The Bertz CT molecular complexity index is 86.0. The van der Waals surface area contributed by atoms with Gasteiger partial charge in [-0.15, -0.1) is 0 Å². The first-order valence-corrected chi connectivity index (χ1v) is 5.09. The van der Waals surface area contributed by atoms with Crippen molar-refractivity contribution in [1.82, 2.24) is 0 Å². The van der Waals surface area contributed by atoms with E-state index < -0.39 is 0 Å². The second-order valence-electron chi connectivity index (χ2n) is 3.47. The largest absolute Gasteiger partial charge is 0.393 e. The van der Waals surface area contributed by atoms with Gasteiger partial charge in [-0.05, 0) is 24.8 Å². The van der Waals surface area contributed by atoms with Crippen LogP contribution < -0.4 is 5.73 Å². The summed E-state index contributed by atoms with van der Waals surface area (Å²) in [5, 5.41) is 9.89. The first-order chi connectivity index (χ1) is 5.71. The molecule has 74 valence electrons. The van der Waals surface area contributed by atoms with Crippen LogP contribution in [0, 0.1) is 11.8 Å². The fourth-order valence-electron chi connectivity index (χ4n) is 1.70. The van der Waals surface area contributed by atoms with Crippen molar-refractivity contribution in [3.63, 3.8) is 0 Å². The highest BCUT2D eigenvalue weighted by Crippen LogP contribution is 2.21. The lowest BCUT2D eigenvalue weighted by Gasteiger charge is -2.26. The third-order valence-corrected chi connectivity index (χ3v) is 2.84. The maximum absolute atomic E-state index is 9.89. The van der Waals surface area contributed by atoms with Gasteiger partial charge in [-0.3, -0.25) is 0 Å². The maximum Gasteiger partial charge on any atom is 0.0608 e. The summed E-state index contributed by atoms with van der Waals surface area (Å²) in [5.41, 5.74) is 5.57. The molecule has 2 nitrogen and oxygen atoms in total. The van der Waals surface area contributed by atoms with E-state index in [-0.39, 0.29) is 12.0 Å². The Labute approximate surface area is 76.2 Å². The molecule has 0 saturated carbocycles. The molecule has 0 radical (unpaired) electrons. The second kappa shape index (κ2) is 6.44. The zero-order valence-electron chi connectivity index (χ0n) is 8.59. The summed E-state index contributed by atoms with van der Waals surface area (Å²) in [4.78, 5) is 0. The van der Waals surface area contributed by atoms with E-state index in [4.69, 9.17) is 5.73 Å². The standard InChI is InChI=1S/C10H23NO/c1-4-8(5-2)10(12)9(6-3)7-11/h8-10,12H,4-7,11H2,1-3H3. The first-order valence-electron chi connectivity index (χ1n) is 5.09. The monoisotopic (exact) mass is 173 g/mol. The molecule has 0 amide bonds. The number of hydrogen-bond acceptors (Lipinski definition) is 2. The van der Waals surface area contributed by atoms with E-state index in [1.54, 1.807) is 0 Å². The minimum Gasteiger partial charge on any atom is -0.393 e. The fraction of sp³-hybridized carbons (Fsp3) is 1.00. The lowest BCUT2D eigenvalue weighted by Crippen LogP contribution is -2.33. The van der Waals surface area contributed by atoms with Crippen LogP contribution in [0.2, 0.25) is 0 Å². The molecule has 0 bridgehead atoms. The molecular weight excluding hydrogens is 150 g/mol.